The summed E-state index contributed by atoms with van der Waals surface area (Å²) >= 11 is 0. The number of rotatable bonds is 12. The van der Waals surface area contributed by atoms with Crippen LogP contribution in [0.3, 0.4) is 0 Å². The molecule has 0 amide bonds. The van der Waals surface area contributed by atoms with Crippen molar-refractivity contribution in [3.05, 3.63) is 90.0 Å². The minimum Gasteiger partial charge on any atom is -0.491 e. The van der Waals surface area contributed by atoms with Crippen molar-refractivity contribution >= 4 is 10.0 Å². The SMILES string of the molecule is Cc1ccc(S(=O)(=O)N2CCC(CNC[C@H](O)COc3ccc(OCc4ccccc4)cc3)CC2)cc1. The Morgan fingerprint density at radius 2 is 1.54 bits per heavy atom. The molecule has 3 aromatic carbocycles. The van der Waals surface area contributed by atoms with Crippen LogP contribution in [0.4, 0.5) is 0 Å². The molecule has 1 aliphatic rings. The highest BCUT2D eigenvalue weighted by molar-refractivity contribution is 7.89. The first-order valence-electron chi connectivity index (χ1n) is 12.8. The van der Waals surface area contributed by atoms with Gasteiger partial charge in [-0.3, -0.25) is 0 Å². The van der Waals surface area contributed by atoms with Gasteiger partial charge >= 0.3 is 0 Å². The molecule has 0 bridgehead atoms. The summed E-state index contributed by atoms with van der Waals surface area (Å²) in [6, 6.07) is 24.4. The third kappa shape index (κ3) is 8.04. The van der Waals surface area contributed by atoms with Crippen LogP contribution in [0.25, 0.3) is 0 Å². The Hall–Kier alpha value is -2.91. The molecule has 4 rings (SSSR count). The number of sulfonamides is 1. The molecule has 1 fully saturated rings. The molecule has 0 aromatic heterocycles. The van der Waals surface area contributed by atoms with Crippen LogP contribution in [0.5, 0.6) is 11.5 Å². The van der Waals surface area contributed by atoms with E-state index in [0.717, 1.165) is 36.3 Å². The van der Waals surface area contributed by atoms with Gasteiger partial charge in [-0.05, 0) is 74.2 Å². The van der Waals surface area contributed by atoms with Crippen LogP contribution in [-0.4, -0.2) is 56.7 Å². The van der Waals surface area contributed by atoms with Gasteiger partial charge in [0.05, 0.1) is 4.90 Å². The molecule has 1 saturated heterocycles. The number of hydrogen-bond donors (Lipinski definition) is 2. The Bertz CT molecular complexity index is 1190. The first-order chi connectivity index (χ1) is 17.9. The molecule has 1 aliphatic heterocycles. The van der Waals surface area contributed by atoms with E-state index >= 15 is 0 Å². The number of hydrogen-bond acceptors (Lipinski definition) is 6. The monoisotopic (exact) mass is 524 g/mol. The molecular weight excluding hydrogens is 488 g/mol. The predicted octanol–water partition coefficient (Wildman–Crippen LogP) is 4.00. The zero-order valence-corrected chi connectivity index (χ0v) is 22.1. The van der Waals surface area contributed by atoms with Gasteiger partial charge in [-0.1, -0.05) is 48.0 Å². The van der Waals surface area contributed by atoms with Gasteiger partial charge in [-0.25, -0.2) is 8.42 Å². The molecule has 198 valence electrons. The van der Waals surface area contributed by atoms with E-state index in [1.54, 1.807) is 16.4 Å². The Balaban J connectivity index is 1.11. The summed E-state index contributed by atoms with van der Waals surface area (Å²) in [6.07, 6.45) is 0.947. The van der Waals surface area contributed by atoms with Crippen LogP contribution in [0, 0.1) is 12.8 Å². The Labute approximate surface area is 220 Å². The minimum atomic E-state index is -3.44. The Kier molecular flexibility index (Phi) is 9.57. The fourth-order valence-electron chi connectivity index (χ4n) is 4.29. The zero-order valence-electron chi connectivity index (χ0n) is 21.3. The number of nitrogens with zero attached hydrogens (tertiary/aromatic N) is 1. The highest BCUT2D eigenvalue weighted by atomic mass is 32.2. The van der Waals surface area contributed by atoms with Crippen LogP contribution in [-0.2, 0) is 16.6 Å². The van der Waals surface area contributed by atoms with E-state index in [1.807, 2.05) is 73.7 Å². The summed E-state index contributed by atoms with van der Waals surface area (Å²) in [5.41, 5.74) is 2.15. The van der Waals surface area contributed by atoms with E-state index in [2.05, 4.69) is 5.32 Å². The molecule has 7 nitrogen and oxygen atoms in total. The normalized spacial score (nSPS) is 15.8. The van der Waals surface area contributed by atoms with E-state index in [-0.39, 0.29) is 6.61 Å². The van der Waals surface area contributed by atoms with E-state index in [1.165, 1.54) is 0 Å². The molecule has 1 atom stereocenters. The number of aliphatic hydroxyl groups is 1. The van der Waals surface area contributed by atoms with Crippen LogP contribution in [0.15, 0.2) is 83.8 Å². The number of benzene rings is 3. The number of ether oxygens (including phenoxy) is 2. The quantitative estimate of drug-likeness (QED) is 0.372. The second-order valence-electron chi connectivity index (χ2n) is 9.53. The lowest BCUT2D eigenvalue weighted by Gasteiger charge is -2.31. The molecule has 0 aliphatic carbocycles. The summed E-state index contributed by atoms with van der Waals surface area (Å²) in [7, 11) is -3.44. The predicted molar refractivity (Wildman–Crippen MR) is 144 cm³/mol. The summed E-state index contributed by atoms with van der Waals surface area (Å²) in [5.74, 6) is 1.81. The van der Waals surface area contributed by atoms with E-state index in [9.17, 15) is 13.5 Å². The maximum Gasteiger partial charge on any atom is 0.243 e. The van der Waals surface area contributed by atoms with Crippen LogP contribution < -0.4 is 14.8 Å². The van der Waals surface area contributed by atoms with Gasteiger partial charge < -0.3 is 19.9 Å². The second kappa shape index (κ2) is 13.1. The molecular formula is C29H36N2O5S. The summed E-state index contributed by atoms with van der Waals surface area (Å²) in [4.78, 5) is 0.354. The molecule has 1 heterocycles. The van der Waals surface area contributed by atoms with Crippen molar-refractivity contribution < 1.29 is 23.0 Å². The first kappa shape index (κ1) is 27.1. The van der Waals surface area contributed by atoms with Gasteiger partial charge in [-0.15, -0.1) is 0 Å². The molecule has 8 heteroatoms. The van der Waals surface area contributed by atoms with Crippen molar-refractivity contribution in [2.45, 2.75) is 37.4 Å². The highest BCUT2D eigenvalue weighted by Gasteiger charge is 2.29. The average Bonchev–Trinajstić information content (AvgIpc) is 2.92. The van der Waals surface area contributed by atoms with Crippen LogP contribution in [0.2, 0.25) is 0 Å². The fourth-order valence-corrected chi connectivity index (χ4v) is 5.76. The summed E-state index contributed by atoms with van der Waals surface area (Å²) < 4.78 is 38.8. The van der Waals surface area contributed by atoms with Crippen molar-refractivity contribution in [3.63, 3.8) is 0 Å². The fraction of sp³-hybridized carbons (Fsp3) is 0.379. The lowest BCUT2D eigenvalue weighted by Crippen LogP contribution is -2.42. The molecule has 2 N–H and O–H groups in total. The number of aliphatic hydroxyl groups excluding tert-OH is 1. The molecule has 0 spiro atoms. The van der Waals surface area contributed by atoms with Crippen molar-refractivity contribution in [3.8, 4) is 11.5 Å². The molecule has 3 aromatic rings. The van der Waals surface area contributed by atoms with Crippen molar-refractivity contribution in [1.29, 1.82) is 0 Å². The van der Waals surface area contributed by atoms with Crippen LogP contribution >= 0.6 is 0 Å². The zero-order chi connectivity index (χ0) is 26.1. The number of piperidine rings is 1. The maximum absolute atomic E-state index is 12.9. The summed E-state index contributed by atoms with van der Waals surface area (Å²) in [5, 5.41) is 13.6. The topological polar surface area (TPSA) is 88.1 Å². The van der Waals surface area contributed by atoms with Crippen molar-refractivity contribution in [2.75, 3.05) is 32.8 Å². The van der Waals surface area contributed by atoms with Gasteiger partial charge in [0.15, 0.2) is 0 Å². The standard InChI is InChI=1S/C29H36N2O5S/c1-23-7-13-29(14-8-23)37(33,34)31-17-15-24(16-18-31)19-30-20-26(32)22-36-28-11-9-27(10-12-28)35-21-25-5-3-2-4-6-25/h2-14,24,26,30,32H,15-22H2,1H3/t26-/m0/s1. The van der Waals surface area contributed by atoms with Gasteiger partial charge in [0.2, 0.25) is 10.0 Å². The highest BCUT2D eigenvalue weighted by Crippen LogP contribution is 2.24. The number of nitrogens with one attached hydrogen (secondary N) is 1. The average molecular weight is 525 g/mol. The van der Waals surface area contributed by atoms with E-state index < -0.39 is 16.1 Å². The van der Waals surface area contributed by atoms with Gasteiger partial charge in [0.1, 0.15) is 30.8 Å². The van der Waals surface area contributed by atoms with E-state index in [0.29, 0.717) is 42.8 Å². The lowest BCUT2D eigenvalue weighted by molar-refractivity contribution is 0.104. The Morgan fingerprint density at radius 3 is 2.19 bits per heavy atom. The Morgan fingerprint density at radius 1 is 0.919 bits per heavy atom. The molecule has 0 saturated carbocycles. The molecule has 37 heavy (non-hydrogen) atoms. The third-order valence-electron chi connectivity index (χ3n) is 6.56. The molecule has 0 radical (unpaired) electrons. The smallest absolute Gasteiger partial charge is 0.243 e. The lowest BCUT2D eigenvalue weighted by atomic mass is 9.98. The molecule has 0 unspecified atom stereocenters. The van der Waals surface area contributed by atoms with Crippen molar-refractivity contribution in [1.82, 2.24) is 9.62 Å². The summed E-state index contributed by atoms with van der Waals surface area (Å²) in [6.45, 7) is 4.82. The van der Waals surface area contributed by atoms with Gasteiger partial charge in [-0.2, -0.15) is 4.31 Å². The number of aryl methyl sites for hydroxylation is 1. The minimum absolute atomic E-state index is 0.185. The maximum atomic E-state index is 12.9. The van der Waals surface area contributed by atoms with Crippen LogP contribution in [0.1, 0.15) is 24.0 Å². The first-order valence-corrected chi connectivity index (χ1v) is 14.2. The van der Waals surface area contributed by atoms with Gasteiger partial charge in [0.25, 0.3) is 0 Å². The van der Waals surface area contributed by atoms with Crippen molar-refractivity contribution in [2.24, 2.45) is 5.92 Å². The second-order valence-corrected chi connectivity index (χ2v) is 11.5. The van der Waals surface area contributed by atoms with E-state index in [4.69, 9.17) is 9.47 Å². The third-order valence-corrected chi connectivity index (χ3v) is 8.47. The van der Waals surface area contributed by atoms with Gasteiger partial charge in [0, 0.05) is 19.6 Å². The largest absolute Gasteiger partial charge is 0.491 e.